The molecule has 0 amide bonds. The summed E-state index contributed by atoms with van der Waals surface area (Å²) in [6.07, 6.45) is 2.53. The molecule has 0 saturated heterocycles. The van der Waals surface area contributed by atoms with Gasteiger partial charge in [-0.25, -0.2) is 0 Å². The van der Waals surface area contributed by atoms with Crippen molar-refractivity contribution in [2.24, 2.45) is 0 Å². The molecule has 0 N–H and O–H groups in total. The van der Waals surface area contributed by atoms with Gasteiger partial charge in [0, 0.05) is 19.0 Å². The van der Waals surface area contributed by atoms with Gasteiger partial charge in [0.15, 0.2) is 5.82 Å². The van der Waals surface area contributed by atoms with Gasteiger partial charge >= 0.3 is 0 Å². The van der Waals surface area contributed by atoms with Gasteiger partial charge in [0.2, 0.25) is 0 Å². The van der Waals surface area contributed by atoms with Gasteiger partial charge in [0.25, 0.3) is 0 Å². The van der Waals surface area contributed by atoms with Gasteiger partial charge in [-0.15, -0.1) is 5.10 Å². The number of rotatable bonds is 4. The standard InChI is InChI=1S/C17H21N3/c1-13-11-16(19-18-14(13)2)20(3)12-17(9-10-17)15-7-5-4-6-8-15/h4-8,11H,9-10,12H2,1-3H3. The lowest BCUT2D eigenvalue weighted by atomic mass is 9.95. The van der Waals surface area contributed by atoms with E-state index in [0.29, 0.717) is 5.41 Å². The Morgan fingerprint density at radius 2 is 1.80 bits per heavy atom. The van der Waals surface area contributed by atoms with Crippen molar-refractivity contribution in [1.82, 2.24) is 10.2 Å². The fourth-order valence-corrected chi connectivity index (χ4v) is 2.73. The van der Waals surface area contributed by atoms with Crippen LogP contribution >= 0.6 is 0 Å². The third-order valence-corrected chi connectivity index (χ3v) is 4.39. The maximum atomic E-state index is 4.32. The Bertz CT molecular complexity index is 603. The zero-order chi connectivity index (χ0) is 14.2. The van der Waals surface area contributed by atoms with Crippen LogP contribution in [0.1, 0.15) is 29.7 Å². The summed E-state index contributed by atoms with van der Waals surface area (Å²) in [5.74, 6) is 0.968. The van der Waals surface area contributed by atoms with Gasteiger partial charge in [-0.05, 0) is 43.9 Å². The van der Waals surface area contributed by atoms with E-state index >= 15 is 0 Å². The van der Waals surface area contributed by atoms with Crippen molar-refractivity contribution in [3.63, 3.8) is 0 Å². The Morgan fingerprint density at radius 1 is 1.10 bits per heavy atom. The van der Waals surface area contributed by atoms with Crippen LogP contribution in [-0.2, 0) is 5.41 Å². The van der Waals surface area contributed by atoms with Crippen LogP contribution in [0.3, 0.4) is 0 Å². The summed E-state index contributed by atoms with van der Waals surface area (Å²) >= 11 is 0. The van der Waals surface area contributed by atoms with Crippen molar-refractivity contribution in [3.05, 3.63) is 53.2 Å². The van der Waals surface area contributed by atoms with Crippen LogP contribution in [0, 0.1) is 13.8 Å². The first-order chi connectivity index (χ1) is 9.61. The topological polar surface area (TPSA) is 29.0 Å². The Balaban J connectivity index is 1.79. The number of aryl methyl sites for hydroxylation is 2. The average molecular weight is 267 g/mol. The highest BCUT2D eigenvalue weighted by molar-refractivity contribution is 5.43. The third kappa shape index (κ3) is 2.40. The molecule has 2 aromatic rings. The number of benzene rings is 1. The van der Waals surface area contributed by atoms with Gasteiger partial charge in [-0.1, -0.05) is 30.3 Å². The molecule has 1 aliphatic carbocycles. The predicted molar refractivity (Wildman–Crippen MR) is 82.1 cm³/mol. The lowest BCUT2D eigenvalue weighted by molar-refractivity contribution is 0.664. The largest absolute Gasteiger partial charge is 0.357 e. The van der Waals surface area contributed by atoms with Crippen LogP contribution in [0.2, 0.25) is 0 Å². The minimum absolute atomic E-state index is 0.316. The number of nitrogens with zero attached hydrogens (tertiary/aromatic N) is 3. The molecular weight excluding hydrogens is 246 g/mol. The van der Waals surface area contributed by atoms with Crippen molar-refractivity contribution in [2.45, 2.75) is 32.1 Å². The fourth-order valence-electron chi connectivity index (χ4n) is 2.73. The molecule has 0 aliphatic heterocycles. The van der Waals surface area contributed by atoms with Crippen molar-refractivity contribution in [2.75, 3.05) is 18.5 Å². The molecule has 20 heavy (non-hydrogen) atoms. The van der Waals surface area contributed by atoms with E-state index in [1.807, 2.05) is 6.92 Å². The predicted octanol–water partition coefficient (Wildman–Crippen LogP) is 3.26. The normalized spacial score (nSPS) is 15.9. The van der Waals surface area contributed by atoms with Gasteiger partial charge in [0.05, 0.1) is 5.69 Å². The molecule has 0 atom stereocenters. The van der Waals surface area contributed by atoms with Crippen molar-refractivity contribution < 1.29 is 0 Å². The molecule has 3 heteroatoms. The molecule has 1 aromatic carbocycles. The summed E-state index contributed by atoms with van der Waals surface area (Å²) in [6, 6.07) is 13.0. The minimum atomic E-state index is 0.316. The van der Waals surface area contributed by atoms with E-state index in [-0.39, 0.29) is 0 Å². The molecule has 1 heterocycles. The number of anilines is 1. The van der Waals surface area contributed by atoms with Crippen LogP contribution in [-0.4, -0.2) is 23.8 Å². The SMILES string of the molecule is Cc1cc(N(C)CC2(c3ccccc3)CC2)nnc1C. The summed E-state index contributed by atoms with van der Waals surface area (Å²) in [5.41, 5.74) is 3.97. The van der Waals surface area contributed by atoms with Crippen molar-refractivity contribution in [1.29, 1.82) is 0 Å². The highest BCUT2D eigenvalue weighted by atomic mass is 15.2. The lowest BCUT2D eigenvalue weighted by Gasteiger charge is -2.25. The second-order valence-electron chi connectivity index (χ2n) is 5.97. The number of aromatic nitrogens is 2. The van der Waals surface area contributed by atoms with E-state index < -0.39 is 0 Å². The summed E-state index contributed by atoms with van der Waals surface area (Å²) in [7, 11) is 2.11. The van der Waals surface area contributed by atoms with E-state index in [4.69, 9.17) is 0 Å². The summed E-state index contributed by atoms with van der Waals surface area (Å²) in [4.78, 5) is 2.24. The smallest absolute Gasteiger partial charge is 0.151 e. The molecule has 3 rings (SSSR count). The van der Waals surface area contributed by atoms with E-state index in [1.54, 1.807) is 0 Å². The number of hydrogen-bond acceptors (Lipinski definition) is 3. The Kier molecular flexibility index (Phi) is 3.20. The first-order valence-electron chi connectivity index (χ1n) is 7.18. The summed E-state index contributed by atoms with van der Waals surface area (Å²) < 4.78 is 0. The van der Waals surface area contributed by atoms with E-state index in [9.17, 15) is 0 Å². The van der Waals surface area contributed by atoms with E-state index in [1.165, 1.54) is 24.0 Å². The van der Waals surface area contributed by atoms with Gasteiger partial charge in [-0.2, -0.15) is 5.10 Å². The molecule has 0 radical (unpaired) electrons. The number of likely N-dealkylation sites (N-methyl/N-ethyl adjacent to an activating group) is 1. The zero-order valence-electron chi connectivity index (χ0n) is 12.4. The molecule has 1 fully saturated rings. The second kappa shape index (κ2) is 4.89. The fraction of sp³-hybridized carbons (Fsp3) is 0.412. The lowest BCUT2D eigenvalue weighted by Crippen LogP contribution is -2.30. The van der Waals surface area contributed by atoms with Crippen molar-refractivity contribution >= 4 is 5.82 Å². The maximum absolute atomic E-state index is 4.32. The van der Waals surface area contributed by atoms with Crippen LogP contribution in [0.25, 0.3) is 0 Å². The second-order valence-corrected chi connectivity index (χ2v) is 5.97. The molecule has 0 unspecified atom stereocenters. The number of hydrogen-bond donors (Lipinski definition) is 0. The van der Waals surface area contributed by atoms with Crippen LogP contribution in [0.15, 0.2) is 36.4 Å². The summed E-state index contributed by atoms with van der Waals surface area (Å²) in [5, 5.41) is 8.55. The molecule has 104 valence electrons. The highest BCUT2D eigenvalue weighted by Gasteiger charge is 2.45. The molecule has 1 aromatic heterocycles. The Morgan fingerprint density at radius 3 is 2.40 bits per heavy atom. The first kappa shape index (κ1) is 13.1. The Hall–Kier alpha value is -1.90. The third-order valence-electron chi connectivity index (χ3n) is 4.39. The zero-order valence-corrected chi connectivity index (χ0v) is 12.4. The van der Waals surface area contributed by atoms with Crippen LogP contribution in [0.5, 0.6) is 0 Å². The molecule has 0 bridgehead atoms. The van der Waals surface area contributed by atoms with Crippen molar-refractivity contribution in [3.8, 4) is 0 Å². The quantitative estimate of drug-likeness (QED) is 0.851. The Labute approximate surface area is 120 Å². The van der Waals surface area contributed by atoms with Gasteiger partial charge in [0.1, 0.15) is 0 Å². The molecule has 1 aliphatic rings. The van der Waals surface area contributed by atoms with Gasteiger partial charge < -0.3 is 4.90 Å². The molecule has 1 saturated carbocycles. The monoisotopic (exact) mass is 267 g/mol. The van der Waals surface area contributed by atoms with Crippen LogP contribution in [0.4, 0.5) is 5.82 Å². The van der Waals surface area contributed by atoms with Gasteiger partial charge in [-0.3, -0.25) is 0 Å². The highest BCUT2D eigenvalue weighted by Crippen LogP contribution is 2.48. The average Bonchev–Trinajstić information content (AvgIpc) is 3.23. The molecule has 3 nitrogen and oxygen atoms in total. The molecule has 0 spiro atoms. The van der Waals surface area contributed by atoms with Crippen LogP contribution < -0.4 is 4.90 Å². The maximum Gasteiger partial charge on any atom is 0.151 e. The minimum Gasteiger partial charge on any atom is -0.357 e. The first-order valence-corrected chi connectivity index (χ1v) is 7.18. The summed E-state index contributed by atoms with van der Waals surface area (Å²) in [6.45, 7) is 5.10. The van der Waals surface area contributed by atoms with E-state index in [0.717, 1.165) is 18.1 Å². The van der Waals surface area contributed by atoms with E-state index in [2.05, 4.69) is 65.5 Å². The molecular formula is C17H21N3.